The van der Waals surface area contributed by atoms with Crippen molar-refractivity contribution >= 4 is 18.1 Å². The molecule has 24 heavy (non-hydrogen) atoms. The van der Waals surface area contributed by atoms with Gasteiger partial charge in [-0.1, -0.05) is 35.0 Å². The fourth-order valence-corrected chi connectivity index (χ4v) is 2.32. The molecule has 5 nitrogen and oxygen atoms in total. The molecule has 0 saturated carbocycles. The van der Waals surface area contributed by atoms with E-state index in [0.29, 0.717) is 29.6 Å². The number of hydrogen-bond donors (Lipinski definition) is 0. The van der Waals surface area contributed by atoms with Crippen LogP contribution in [0, 0.1) is 0 Å². The van der Waals surface area contributed by atoms with E-state index in [9.17, 15) is 4.79 Å². The van der Waals surface area contributed by atoms with E-state index in [-0.39, 0.29) is 6.61 Å². The Bertz CT molecular complexity index is 814. The number of carbonyl (C=O) groups is 1. The van der Waals surface area contributed by atoms with Gasteiger partial charge < -0.3 is 14.0 Å². The van der Waals surface area contributed by atoms with E-state index >= 15 is 0 Å². The summed E-state index contributed by atoms with van der Waals surface area (Å²) in [4.78, 5) is 10.2. The molecule has 0 spiro atoms. The predicted octanol–water partition coefficient (Wildman–Crippen LogP) is 4.25. The van der Waals surface area contributed by atoms with Gasteiger partial charge >= 0.3 is 0 Å². The van der Waals surface area contributed by atoms with E-state index < -0.39 is 0 Å². The standard InChI is InChI=1S/C18H14ClNO4/c19-17-4-2-1-3-14(17)10-23-15-7-5-13(6-8-15)18-9-16(24-20-18)11-22-12-21/h1-9,12H,10-11H2. The summed E-state index contributed by atoms with van der Waals surface area (Å²) in [5.41, 5.74) is 2.47. The van der Waals surface area contributed by atoms with Crippen molar-refractivity contribution in [1.29, 1.82) is 0 Å². The lowest BCUT2D eigenvalue weighted by molar-refractivity contribution is -0.130. The molecule has 0 aliphatic heterocycles. The Morgan fingerprint density at radius 3 is 2.62 bits per heavy atom. The first-order chi connectivity index (χ1) is 11.8. The van der Waals surface area contributed by atoms with Gasteiger partial charge in [0.15, 0.2) is 12.4 Å². The van der Waals surface area contributed by atoms with Crippen molar-refractivity contribution in [3.63, 3.8) is 0 Å². The number of benzene rings is 2. The third kappa shape index (κ3) is 3.94. The van der Waals surface area contributed by atoms with Gasteiger partial charge in [-0.25, -0.2) is 0 Å². The Kier molecular flexibility index (Phi) is 5.13. The Labute approximate surface area is 143 Å². The van der Waals surface area contributed by atoms with Gasteiger partial charge in [-0.3, -0.25) is 4.79 Å². The lowest BCUT2D eigenvalue weighted by Crippen LogP contribution is -1.95. The zero-order valence-corrected chi connectivity index (χ0v) is 13.4. The highest BCUT2D eigenvalue weighted by atomic mass is 35.5. The Balaban J connectivity index is 1.64. The van der Waals surface area contributed by atoms with Crippen molar-refractivity contribution in [2.75, 3.05) is 0 Å². The highest BCUT2D eigenvalue weighted by molar-refractivity contribution is 6.31. The van der Waals surface area contributed by atoms with E-state index in [1.807, 2.05) is 48.5 Å². The van der Waals surface area contributed by atoms with Crippen LogP contribution < -0.4 is 4.74 Å². The maximum atomic E-state index is 10.2. The number of hydrogen-bond acceptors (Lipinski definition) is 5. The number of ether oxygens (including phenoxy) is 2. The second-order valence-electron chi connectivity index (χ2n) is 4.99. The van der Waals surface area contributed by atoms with Crippen LogP contribution in [0.2, 0.25) is 5.02 Å². The van der Waals surface area contributed by atoms with E-state index in [2.05, 4.69) is 9.89 Å². The number of aromatic nitrogens is 1. The second-order valence-corrected chi connectivity index (χ2v) is 5.40. The average molecular weight is 344 g/mol. The number of carbonyl (C=O) groups excluding carboxylic acids is 1. The largest absolute Gasteiger partial charge is 0.489 e. The first-order valence-electron chi connectivity index (χ1n) is 7.24. The van der Waals surface area contributed by atoms with Gasteiger partial charge in [0.05, 0.1) is 0 Å². The second kappa shape index (κ2) is 7.66. The minimum atomic E-state index is 0.0650. The quantitative estimate of drug-likeness (QED) is 0.600. The van der Waals surface area contributed by atoms with Crippen LogP contribution in [-0.4, -0.2) is 11.6 Å². The summed E-state index contributed by atoms with van der Waals surface area (Å²) >= 11 is 6.10. The van der Waals surface area contributed by atoms with Crippen LogP contribution in [0.1, 0.15) is 11.3 Å². The highest BCUT2D eigenvalue weighted by Crippen LogP contribution is 2.24. The Hall–Kier alpha value is -2.79. The molecule has 0 unspecified atom stereocenters. The molecule has 3 aromatic rings. The fourth-order valence-electron chi connectivity index (χ4n) is 2.13. The van der Waals surface area contributed by atoms with E-state index in [1.165, 1.54) is 0 Å². The minimum Gasteiger partial charge on any atom is -0.489 e. The SMILES string of the molecule is O=COCc1cc(-c2ccc(OCc3ccccc3Cl)cc2)no1. The Morgan fingerprint density at radius 1 is 1.08 bits per heavy atom. The van der Waals surface area contributed by atoms with Crippen LogP contribution in [0.3, 0.4) is 0 Å². The molecule has 2 aromatic carbocycles. The topological polar surface area (TPSA) is 61.6 Å². The summed E-state index contributed by atoms with van der Waals surface area (Å²) in [5.74, 6) is 1.21. The maximum Gasteiger partial charge on any atom is 0.293 e. The molecule has 6 heteroatoms. The van der Waals surface area contributed by atoms with Gasteiger partial charge in [0.1, 0.15) is 18.1 Å². The average Bonchev–Trinajstić information content (AvgIpc) is 3.09. The number of nitrogens with zero attached hydrogens (tertiary/aromatic N) is 1. The molecule has 0 aliphatic carbocycles. The van der Waals surface area contributed by atoms with Crippen LogP contribution in [-0.2, 0) is 22.7 Å². The number of rotatable bonds is 7. The zero-order valence-electron chi connectivity index (χ0n) is 12.6. The summed E-state index contributed by atoms with van der Waals surface area (Å²) in [6, 6.07) is 16.7. The molecular weight excluding hydrogens is 330 g/mol. The van der Waals surface area contributed by atoms with Crippen molar-refractivity contribution < 1.29 is 18.8 Å². The van der Waals surface area contributed by atoms with Gasteiger partial charge in [-0.15, -0.1) is 0 Å². The normalized spacial score (nSPS) is 10.4. The molecule has 0 amide bonds. The summed E-state index contributed by atoms with van der Waals surface area (Å²) in [6.45, 7) is 0.832. The van der Waals surface area contributed by atoms with Gasteiger partial charge in [0.25, 0.3) is 6.47 Å². The van der Waals surface area contributed by atoms with Crippen LogP contribution in [0.15, 0.2) is 59.1 Å². The number of halogens is 1. The van der Waals surface area contributed by atoms with E-state index in [4.69, 9.17) is 20.9 Å². The third-order valence-corrected chi connectivity index (χ3v) is 3.72. The van der Waals surface area contributed by atoms with Gasteiger partial charge in [0.2, 0.25) is 0 Å². The Morgan fingerprint density at radius 2 is 1.88 bits per heavy atom. The maximum absolute atomic E-state index is 10.2. The van der Waals surface area contributed by atoms with Crippen molar-refractivity contribution in [2.45, 2.75) is 13.2 Å². The molecule has 0 radical (unpaired) electrons. The van der Waals surface area contributed by atoms with E-state index in [0.717, 1.165) is 16.9 Å². The van der Waals surface area contributed by atoms with E-state index in [1.54, 1.807) is 6.07 Å². The molecule has 0 aliphatic rings. The molecule has 0 N–H and O–H groups in total. The monoisotopic (exact) mass is 343 g/mol. The van der Waals surface area contributed by atoms with Gasteiger partial charge in [-0.2, -0.15) is 0 Å². The minimum absolute atomic E-state index is 0.0650. The summed E-state index contributed by atoms with van der Waals surface area (Å²) < 4.78 is 15.5. The van der Waals surface area contributed by atoms with Crippen LogP contribution >= 0.6 is 11.6 Å². The fraction of sp³-hybridized carbons (Fsp3) is 0.111. The zero-order chi connectivity index (χ0) is 16.8. The molecule has 122 valence electrons. The van der Waals surface area contributed by atoms with Gasteiger partial charge in [0, 0.05) is 22.2 Å². The molecule has 0 saturated heterocycles. The lowest BCUT2D eigenvalue weighted by Gasteiger charge is -2.08. The molecule has 0 fully saturated rings. The van der Waals surface area contributed by atoms with Crippen LogP contribution in [0.25, 0.3) is 11.3 Å². The molecule has 1 aromatic heterocycles. The third-order valence-electron chi connectivity index (χ3n) is 3.35. The molecule has 0 atom stereocenters. The van der Waals surface area contributed by atoms with Crippen molar-refractivity contribution in [3.8, 4) is 17.0 Å². The van der Waals surface area contributed by atoms with Gasteiger partial charge in [-0.05, 0) is 30.3 Å². The van der Waals surface area contributed by atoms with Crippen LogP contribution in [0.4, 0.5) is 0 Å². The highest BCUT2D eigenvalue weighted by Gasteiger charge is 2.07. The first-order valence-corrected chi connectivity index (χ1v) is 7.61. The summed E-state index contributed by atoms with van der Waals surface area (Å²) in [5, 5.41) is 4.63. The predicted molar refractivity (Wildman–Crippen MR) is 88.6 cm³/mol. The van der Waals surface area contributed by atoms with Crippen molar-refractivity contribution in [2.24, 2.45) is 0 Å². The molecule has 3 rings (SSSR count). The lowest BCUT2D eigenvalue weighted by atomic mass is 10.1. The van der Waals surface area contributed by atoms with Crippen molar-refractivity contribution in [1.82, 2.24) is 5.16 Å². The van der Waals surface area contributed by atoms with Crippen molar-refractivity contribution in [3.05, 3.63) is 70.9 Å². The molecular formula is C18H14ClNO4. The summed E-state index contributed by atoms with van der Waals surface area (Å²) in [6.07, 6.45) is 0. The molecule has 0 bridgehead atoms. The smallest absolute Gasteiger partial charge is 0.293 e. The molecule has 1 heterocycles. The first kappa shape index (κ1) is 16.1. The van der Waals surface area contributed by atoms with Crippen LogP contribution in [0.5, 0.6) is 5.75 Å². The summed E-state index contributed by atoms with van der Waals surface area (Å²) in [7, 11) is 0.